The molecular weight excluding hydrogens is 174 g/mol. The molecule has 0 aliphatic heterocycles. The van der Waals surface area contributed by atoms with Gasteiger partial charge in [-0.1, -0.05) is 26.0 Å². The van der Waals surface area contributed by atoms with Crippen LogP contribution in [0.1, 0.15) is 25.8 Å². The van der Waals surface area contributed by atoms with Gasteiger partial charge in [0.1, 0.15) is 5.75 Å². The number of nitrogens with two attached hydrogens (primary N) is 1. The molecule has 0 atom stereocenters. The molecular formula is C12H19NO. The maximum atomic E-state index is 5.58. The lowest BCUT2D eigenvalue weighted by molar-refractivity contribution is 0.289. The molecule has 1 aromatic carbocycles. The first-order valence-electron chi connectivity index (χ1n) is 5.14. The van der Waals surface area contributed by atoms with Crippen LogP contribution in [0.15, 0.2) is 24.3 Å². The van der Waals surface area contributed by atoms with Crippen molar-refractivity contribution in [2.24, 2.45) is 11.7 Å². The molecule has 0 unspecified atom stereocenters. The largest absolute Gasteiger partial charge is 0.494 e. The molecule has 0 saturated carbocycles. The van der Waals surface area contributed by atoms with Crippen LogP contribution in [0, 0.1) is 5.92 Å². The number of rotatable bonds is 5. The normalized spacial score (nSPS) is 10.6. The van der Waals surface area contributed by atoms with Gasteiger partial charge in [0.2, 0.25) is 0 Å². The molecule has 2 N–H and O–H groups in total. The fraction of sp³-hybridized carbons (Fsp3) is 0.500. The van der Waals surface area contributed by atoms with E-state index in [1.54, 1.807) is 0 Å². The van der Waals surface area contributed by atoms with Crippen LogP contribution in [-0.2, 0) is 6.54 Å². The quantitative estimate of drug-likeness (QED) is 0.780. The van der Waals surface area contributed by atoms with E-state index in [0.717, 1.165) is 24.3 Å². The van der Waals surface area contributed by atoms with Crippen LogP contribution in [-0.4, -0.2) is 6.61 Å². The third-order valence-corrected chi connectivity index (χ3v) is 2.12. The number of hydrogen-bond donors (Lipinski definition) is 1. The first-order valence-corrected chi connectivity index (χ1v) is 5.14. The maximum absolute atomic E-state index is 5.58. The SMILES string of the molecule is CC(C)CCOc1ccc(CN)cc1. The summed E-state index contributed by atoms with van der Waals surface area (Å²) in [5.74, 6) is 1.63. The summed E-state index contributed by atoms with van der Waals surface area (Å²) in [7, 11) is 0. The predicted molar refractivity (Wildman–Crippen MR) is 59.3 cm³/mol. The Bertz CT molecular complexity index is 254. The molecule has 78 valence electrons. The summed E-state index contributed by atoms with van der Waals surface area (Å²) in [6.45, 7) is 5.77. The minimum Gasteiger partial charge on any atom is -0.494 e. The topological polar surface area (TPSA) is 35.2 Å². The van der Waals surface area contributed by atoms with Gasteiger partial charge in [-0.2, -0.15) is 0 Å². The molecule has 2 heteroatoms. The van der Waals surface area contributed by atoms with Gasteiger partial charge in [0, 0.05) is 6.54 Å². The molecule has 14 heavy (non-hydrogen) atoms. The fourth-order valence-corrected chi connectivity index (χ4v) is 1.13. The number of hydrogen-bond acceptors (Lipinski definition) is 2. The average Bonchev–Trinajstić information content (AvgIpc) is 2.18. The molecule has 2 nitrogen and oxygen atoms in total. The molecule has 1 aromatic rings. The monoisotopic (exact) mass is 193 g/mol. The van der Waals surface area contributed by atoms with Crippen molar-refractivity contribution < 1.29 is 4.74 Å². The highest BCUT2D eigenvalue weighted by atomic mass is 16.5. The van der Waals surface area contributed by atoms with Crippen molar-refractivity contribution >= 4 is 0 Å². The number of ether oxygens (including phenoxy) is 1. The van der Waals surface area contributed by atoms with Gasteiger partial charge in [-0.3, -0.25) is 0 Å². The van der Waals surface area contributed by atoms with Crippen molar-refractivity contribution in [1.82, 2.24) is 0 Å². The van der Waals surface area contributed by atoms with Crippen molar-refractivity contribution in [3.63, 3.8) is 0 Å². The van der Waals surface area contributed by atoms with Crippen LogP contribution in [0.4, 0.5) is 0 Å². The van der Waals surface area contributed by atoms with Gasteiger partial charge in [0.15, 0.2) is 0 Å². The second kappa shape index (κ2) is 5.66. The van der Waals surface area contributed by atoms with E-state index < -0.39 is 0 Å². The molecule has 0 aromatic heterocycles. The Morgan fingerprint density at radius 2 is 1.86 bits per heavy atom. The van der Waals surface area contributed by atoms with E-state index in [2.05, 4.69) is 13.8 Å². The summed E-state index contributed by atoms with van der Waals surface area (Å²) in [5, 5.41) is 0. The molecule has 0 spiro atoms. The third kappa shape index (κ3) is 3.79. The van der Waals surface area contributed by atoms with Gasteiger partial charge in [0.05, 0.1) is 6.61 Å². The minimum atomic E-state index is 0.590. The van der Waals surface area contributed by atoms with Gasteiger partial charge in [-0.25, -0.2) is 0 Å². The molecule has 0 saturated heterocycles. The highest BCUT2D eigenvalue weighted by Crippen LogP contribution is 2.12. The second-order valence-electron chi connectivity index (χ2n) is 3.88. The van der Waals surface area contributed by atoms with Gasteiger partial charge >= 0.3 is 0 Å². The van der Waals surface area contributed by atoms with Crippen LogP contribution in [0.25, 0.3) is 0 Å². The Morgan fingerprint density at radius 3 is 2.36 bits per heavy atom. The van der Waals surface area contributed by atoms with Gasteiger partial charge < -0.3 is 10.5 Å². The summed E-state index contributed by atoms with van der Waals surface area (Å²) in [4.78, 5) is 0. The Balaban J connectivity index is 2.36. The van der Waals surface area contributed by atoms with Crippen molar-refractivity contribution in [3.05, 3.63) is 29.8 Å². The van der Waals surface area contributed by atoms with E-state index in [4.69, 9.17) is 10.5 Å². The lowest BCUT2D eigenvalue weighted by atomic mass is 10.1. The predicted octanol–water partition coefficient (Wildman–Crippen LogP) is 2.57. The van der Waals surface area contributed by atoms with Crippen LogP contribution in [0.2, 0.25) is 0 Å². The van der Waals surface area contributed by atoms with E-state index in [0.29, 0.717) is 12.5 Å². The zero-order valence-corrected chi connectivity index (χ0v) is 8.99. The standard InChI is InChI=1S/C12H19NO/c1-10(2)7-8-14-12-5-3-11(9-13)4-6-12/h3-6,10H,7-9,13H2,1-2H3. The van der Waals surface area contributed by atoms with E-state index in [-0.39, 0.29) is 0 Å². The first-order chi connectivity index (χ1) is 6.72. The summed E-state index contributed by atoms with van der Waals surface area (Å²) >= 11 is 0. The Kier molecular flexibility index (Phi) is 4.47. The van der Waals surface area contributed by atoms with Crippen LogP contribution >= 0.6 is 0 Å². The molecule has 0 bridgehead atoms. The Labute approximate surface area is 86.1 Å². The van der Waals surface area contributed by atoms with Crippen molar-refractivity contribution in [3.8, 4) is 5.75 Å². The second-order valence-corrected chi connectivity index (χ2v) is 3.88. The maximum Gasteiger partial charge on any atom is 0.119 e. The zero-order chi connectivity index (χ0) is 10.4. The van der Waals surface area contributed by atoms with Crippen molar-refractivity contribution in [2.75, 3.05) is 6.61 Å². The smallest absolute Gasteiger partial charge is 0.119 e. The van der Waals surface area contributed by atoms with Crippen LogP contribution < -0.4 is 10.5 Å². The highest BCUT2D eigenvalue weighted by Gasteiger charge is 1.96. The van der Waals surface area contributed by atoms with Crippen molar-refractivity contribution in [2.45, 2.75) is 26.8 Å². The Morgan fingerprint density at radius 1 is 1.21 bits per heavy atom. The lowest BCUT2D eigenvalue weighted by Crippen LogP contribution is -2.01. The first kappa shape index (κ1) is 11.1. The van der Waals surface area contributed by atoms with Gasteiger partial charge in [-0.05, 0) is 30.0 Å². The molecule has 0 heterocycles. The fourth-order valence-electron chi connectivity index (χ4n) is 1.13. The Hall–Kier alpha value is -1.02. The van der Waals surface area contributed by atoms with Crippen LogP contribution in [0.3, 0.4) is 0 Å². The lowest BCUT2D eigenvalue weighted by Gasteiger charge is -2.08. The van der Waals surface area contributed by atoms with Gasteiger partial charge in [-0.15, -0.1) is 0 Å². The summed E-state index contributed by atoms with van der Waals surface area (Å²) in [5.41, 5.74) is 6.64. The van der Waals surface area contributed by atoms with Crippen molar-refractivity contribution in [1.29, 1.82) is 0 Å². The third-order valence-electron chi connectivity index (χ3n) is 2.12. The average molecular weight is 193 g/mol. The van der Waals surface area contributed by atoms with Gasteiger partial charge in [0.25, 0.3) is 0 Å². The van der Waals surface area contributed by atoms with E-state index in [1.165, 1.54) is 0 Å². The minimum absolute atomic E-state index is 0.590. The molecule has 0 amide bonds. The van der Waals surface area contributed by atoms with Crippen LogP contribution in [0.5, 0.6) is 5.75 Å². The molecule has 0 aliphatic carbocycles. The van der Waals surface area contributed by atoms with E-state index in [9.17, 15) is 0 Å². The number of benzene rings is 1. The molecule has 0 radical (unpaired) electrons. The van der Waals surface area contributed by atoms with E-state index >= 15 is 0 Å². The summed E-state index contributed by atoms with van der Waals surface area (Å²) in [6, 6.07) is 7.96. The highest BCUT2D eigenvalue weighted by molar-refractivity contribution is 5.26. The zero-order valence-electron chi connectivity index (χ0n) is 8.99. The molecule has 0 aliphatic rings. The molecule has 0 fully saturated rings. The molecule has 1 rings (SSSR count). The van der Waals surface area contributed by atoms with E-state index in [1.807, 2.05) is 24.3 Å². The summed E-state index contributed by atoms with van der Waals surface area (Å²) in [6.07, 6.45) is 1.10. The summed E-state index contributed by atoms with van der Waals surface area (Å²) < 4.78 is 5.58.